The fourth-order valence-electron chi connectivity index (χ4n) is 3.70. The van der Waals surface area contributed by atoms with Crippen molar-refractivity contribution in [3.05, 3.63) is 102 Å². The number of hydrogen-bond donors (Lipinski definition) is 3. The highest BCUT2D eigenvalue weighted by molar-refractivity contribution is 6.32. The number of aromatic nitrogens is 1. The maximum absolute atomic E-state index is 12.2. The number of allylic oxidation sites excluding steroid dienone is 12. The fraction of sp³-hybridized carbons (Fsp3) is 0.412. The minimum absolute atomic E-state index is 0.132. The molecule has 42 heavy (non-hydrogen) atoms. The molecule has 1 rings (SSSR count). The highest BCUT2D eigenvalue weighted by atomic mass is 35.5. The Bertz CT molecular complexity index is 1110. The van der Waals surface area contributed by atoms with Gasteiger partial charge in [0.2, 0.25) is 5.91 Å². The number of nitrogens with zero attached hydrogens (tertiary/aromatic N) is 1. The molecule has 0 bridgehead atoms. The molecule has 0 unspecified atom stereocenters. The van der Waals surface area contributed by atoms with E-state index in [9.17, 15) is 19.5 Å². The summed E-state index contributed by atoms with van der Waals surface area (Å²) in [6.07, 6.45) is 34.9. The maximum atomic E-state index is 12.2. The molecule has 0 radical (unpaired) electrons. The number of unbranched alkanes of at least 4 members (excludes halogenated alkanes) is 1. The van der Waals surface area contributed by atoms with Crippen molar-refractivity contribution in [1.29, 1.82) is 0 Å². The van der Waals surface area contributed by atoms with E-state index in [4.69, 9.17) is 11.6 Å². The van der Waals surface area contributed by atoms with Gasteiger partial charge in [-0.25, -0.2) is 9.78 Å². The maximum Gasteiger partial charge on any atom is 0.326 e. The van der Waals surface area contributed by atoms with E-state index < -0.39 is 12.0 Å². The van der Waals surface area contributed by atoms with Crippen LogP contribution in [0, 0.1) is 0 Å². The van der Waals surface area contributed by atoms with E-state index in [2.05, 4.69) is 83.3 Å². The Morgan fingerprint density at radius 2 is 1.40 bits per heavy atom. The largest absolute Gasteiger partial charge is 0.480 e. The number of carboxylic acid groups (broad SMARTS) is 1. The third-order valence-electron chi connectivity index (χ3n) is 5.98. The molecule has 8 heteroatoms. The van der Waals surface area contributed by atoms with E-state index in [0.29, 0.717) is 31.4 Å². The molecular weight excluding hydrogens is 550 g/mol. The molecule has 0 fully saturated rings. The van der Waals surface area contributed by atoms with Gasteiger partial charge >= 0.3 is 5.97 Å². The van der Waals surface area contributed by atoms with Crippen molar-refractivity contribution in [1.82, 2.24) is 15.6 Å². The molecule has 1 atom stereocenters. The number of carbonyl (C=O) groups is 3. The Kier molecular flexibility index (Phi) is 21.6. The SMILES string of the molecule is CC/C=C\C/C=C\C/C=C\C/C=C\C/C=C\C/C=C\CCC(=O)N[C@@H](CCCCNC(=O)c1cccnc1Cl)C(=O)O. The molecule has 2 amide bonds. The first-order chi connectivity index (χ1) is 20.5. The quantitative estimate of drug-likeness (QED) is 0.0723. The molecule has 0 saturated heterocycles. The monoisotopic (exact) mass is 595 g/mol. The smallest absolute Gasteiger partial charge is 0.326 e. The molecular formula is C34H46ClN3O4. The number of hydrogen-bond acceptors (Lipinski definition) is 4. The van der Waals surface area contributed by atoms with Crippen LogP contribution >= 0.6 is 11.6 Å². The van der Waals surface area contributed by atoms with E-state index in [1.165, 1.54) is 6.20 Å². The van der Waals surface area contributed by atoms with Crippen LogP contribution < -0.4 is 10.6 Å². The van der Waals surface area contributed by atoms with Gasteiger partial charge in [0.25, 0.3) is 5.91 Å². The molecule has 228 valence electrons. The highest BCUT2D eigenvalue weighted by Crippen LogP contribution is 2.11. The van der Waals surface area contributed by atoms with Gasteiger partial charge < -0.3 is 15.7 Å². The zero-order valence-electron chi connectivity index (χ0n) is 24.7. The Hall–Kier alpha value is -3.71. The second-order valence-electron chi connectivity index (χ2n) is 9.51. The number of amides is 2. The van der Waals surface area contributed by atoms with Gasteiger partial charge in [-0.1, -0.05) is 91.4 Å². The summed E-state index contributed by atoms with van der Waals surface area (Å²) >= 11 is 5.91. The van der Waals surface area contributed by atoms with Crippen LogP contribution in [-0.4, -0.2) is 40.5 Å². The summed E-state index contributed by atoms with van der Waals surface area (Å²) in [6, 6.07) is 2.26. The highest BCUT2D eigenvalue weighted by Gasteiger charge is 2.19. The third kappa shape index (κ3) is 19.4. The summed E-state index contributed by atoms with van der Waals surface area (Å²) in [5.41, 5.74) is 0.293. The minimum atomic E-state index is -1.07. The van der Waals surface area contributed by atoms with E-state index >= 15 is 0 Å². The first-order valence-electron chi connectivity index (χ1n) is 14.8. The number of carboxylic acids is 1. The summed E-state index contributed by atoms with van der Waals surface area (Å²) in [6.45, 7) is 2.51. The fourth-order valence-corrected chi connectivity index (χ4v) is 3.91. The van der Waals surface area contributed by atoms with E-state index in [1.54, 1.807) is 12.1 Å². The Morgan fingerprint density at radius 3 is 1.93 bits per heavy atom. The van der Waals surface area contributed by atoms with Crippen molar-refractivity contribution in [2.75, 3.05) is 6.54 Å². The van der Waals surface area contributed by atoms with Crippen molar-refractivity contribution in [3.63, 3.8) is 0 Å². The number of pyridine rings is 1. The van der Waals surface area contributed by atoms with Gasteiger partial charge in [-0.05, 0) is 76.3 Å². The van der Waals surface area contributed by atoms with Crippen molar-refractivity contribution < 1.29 is 19.5 Å². The average molecular weight is 596 g/mol. The molecule has 1 aromatic rings. The summed E-state index contributed by atoms with van der Waals surface area (Å²) in [5, 5.41) is 14.9. The standard InChI is InChI=1S/C34H46ClN3O4/c1-2-3-4-5-6-7-8-9-10-11-12-13-14-15-16-17-18-19-20-26-31(39)38-30(34(41)42)25-21-22-27-37-33(40)29-24-23-28-36-32(29)35/h3-4,6-7,9-10,12-13,15-16,18-19,23-24,28,30H,2,5,8,11,14,17,20-22,25-27H2,1H3,(H,37,40)(H,38,39)(H,41,42)/b4-3-,7-6-,10-9-,13-12-,16-15-,19-18-/t30-/m0/s1. The zero-order valence-corrected chi connectivity index (χ0v) is 25.5. The molecule has 0 aromatic carbocycles. The van der Waals surface area contributed by atoms with Crippen LogP contribution in [-0.2, 0) is 9.59 Å². The van der Waals surface area contributed by atoms with Gasteiger partial charge in [0.15, 0.2) is 0 Å². The summed E-state index contributed by atoms with van der Waals surface area (Å²) in [5.74, 6) is -1.68. The molecule has 0 saturated carbocycles. The van der Waals surface area contributed by atoms with Crippen LogP contribution in [0.1, 0.15) is 87.9 Å². The zero-order chi connectivity index (χ0) is 30.7. The molecule has 0 spiro atoms. The molecule has 0 aliphatic heterocycles. The van der Waals surface area contributed by atoms with Crippen molar-refractivity contribution >= 4 is 29.4 Å². The van der Waals surface area contributed by atoms with Gasteiger partial charge in [0, 0.05) is 19.2 Å². The molecule has 7 nitrogen and oxygen atoms in total. The Morgan fingerprint density at radius 1 is 0.857 bits per heavy atom. The van der Waals surface area contributed by atoms with E-state index in [0.717, 1.165) is 38.5 Å². The number of nitrogens with one attached hydrogen (secondary N) is 2. The third-order valence-corrected chi connectivity index (χ3v) is 6.28. The number of rotatable bonds is 22. The minimum Gasteiger partial charge on any atom is -0.480 e. The molecule has 1 heterocycles. The lowest BCUT2D eigenvalue weighted by Gasteiger charge is -2.14. The second kappa shape index (κ2) is 25.0. The van der Waals surface area contributed by atoms with E-state index in [-0.39, 0.29) is 29.8 Å². The number of aliphatic carboxylic acids is 1. The normalized spacial score (nSPS) is 12.9. The summed E-state index contributed by atoms with van der Waals surface area (Å²) < 4.78 is 0. The Labute approximate surface area is 256 Å². The topological polar surface area (TPSA) is 108 Å². The predicted octanol–water partition coefficient (Wildman–Crippen LogP) is 7.68. The van der Waals surface area contributed by atoms with Crippen molar-refractivity contribution in [2.24, 2.45) is 0 Å². The summed E-state index contributed by atoms with van der Waals surface area (Å²) in [7, 11) is 0. The van der Waals surface area contributed by atoms with Gasteiger partial charge in [0.1, 0.15) is 11.2 Å². The van der Waals surface area contributed by atoms with Gasteiger partial charge in [-0.2, -0.15) is 0 Å². The lowest BCUT2D eigenvalue weighted by Crippen LogP contribution is -2.40. The molecule has 1 aromatic heterocycles. The van der Waals surface area contributed by atoms with Crippen molar-refractivity contribution in [3.8, 4) is 0 Å². The van der Waals surface area contributed by atoms with Crippen LogP contribution in [0.15, 0.2) is 91.2 Å². The first-order valence-corrected chi connectivity index (χ1v) is 15.1. The van der Waals surface area contributed by atoms with Crippen LogP contribution in [0.2, 0.25) is 5.15 Å². The average Bonchev–Trinajstić information content (AvgIpc) is 2.97. The predicted molar refractivity (Wildman–Crippen MR) is 172 cm³/mol. The van der Waals surface area contributed by atoms with Gasteiger partial charge in [-0.3, -0.25) is 9.59 Å². The van der Waals surface area contributed by atoms with Gasteiger partial charge in [0.05, 0.1) is 5.56 Å². The summed E-state index contributed by atoms with van der Waals surface area (Å²) in [4.78, 5) is 39.7. The molecule has 0 aliphatic rings. The lowest BCUT2D eigenvalue weighted by molar-refractivity contribution is -0.142. The van der Waals surface area contributed by atoms with Gasteiger partial charge in [-0.15, -0.1) is 0 Å². The second-order valence-corrected chi connectivity index (χ2v) is 9.86. The molecule has 3 N–H and O–H groups in total. The lowest BCUT2D eigenvalue weighted by atomic mass is 10.1. The number of halogens is 1. The molecule has 0 aliphatic carbocycles. The van der Waals surface area contributed by atoms with Crippen LogP contribution in [0.5, 0.6) is 0 Å². The first kappa shape index (κ1) is 36.3. The van der Waals surface area contributed by atoms with E-state index in [1.807, 2.05) is 12.2 Å². The van der Waals surface area contributed by atoms with Crippen LogP contribution in [0.3, 0.4) is 0 Å². The van der Waals surface area contributed by atoms with Crippen LogP contribution in [0.25, 0.3) is 0 Å². The van der Waals surface area contributed by atoms with Crippen LogP contribution in [0.4, 0.5) is 0 Å². The van der Waals surface area contributed by atoms with Crippen molar-refractivity contribution in [2.45, 2.75) is 83.6 Å². The number of carbonyl (C=O) groups excluding carboxylic acids is 2. The Balaban J connectivity index is 2.12.